The zero-order valence-electron chi connectivity index (χ0n) is 42.7. The molecule has 6 aromatic carbocycles. The Labute approximate surface area is 471 Å². The van der Waals surface area contributed by atoms with Gasteiger partial charge in [0, 0.05) is 33.4 Å². The molecule has 3 atom stereocenters. The van der Waals surface area contributed by atoms with E-state index in [1.165, 1.54) is 17.3 Å². The van der Waals surface area contributed by atoms with Gasteiger partial charge in [0.25, 0.3) is 0 Å². The molecule has 21 nitrogen and oxygen atoms in total. The normalized spacial score (nSPS) is 10.6. The van der Waals surface area contributed by atoms with Crippen molar-refractivity contribution >= 4 is 93.0 Å². The van der Waals surface area contributed by atoms with Gasteiger partial charge < -0.3 is 46.0 Å². The Morgan fingerprint density at radius 2 is 0.463 bits per heavy atom. The fourth-order valence-corrected chi connectivity index (χ4v) is 6.27. The number of carboxylic acid groups (broad SMARTS) is 6. The van der Waals surface area contributed by atoms with E-state index >= 15 is 0 Å². The first-order valence-corrected chi connectivity index (χ1v) is 25.5. The van der Waals surface area contributed by atoms with Crippen molar-refractivity contribution in [1.29, 1.82) is 0 Å². The molecular formula is C58H57O21Sn. The summed E-state index contributed by atoms with van der Waals surface area (Å²) in [6, 6.07) is 51.5. The number of aliphatic hydroxyl groups is 3. The van der Waals surface area contributed by atoms with E-state index in [0.717, 1.165) is 0 Å². The minimum absolute atomic E-state index is 0.427. The Morgan fingerprint density at radius 1 is 0.312 bits per heavy atom. The van der Waals surface area contributed by atoms with Gasteiger partial charge in [-0.15, -0.1) is 0 Å². The molecule has 0 amide bonds. The van der Waals surface area contributed by atoms with Gasteiger partial charge in [0.05, 0.1) is 19.3 Å². The molecule has 22 heteroatoms. The summed E-state index contributed by atoms with van der Waals surface area (Å²) in [5.41, 5.74) is 2.56. The number of carbonyl (C=O) groups is 12. The first-order valence-electron chi connectivity index (χ1n) is 23.5. The van der Waals surface area contributed by atoms with E-state index in [9.17, 15) is 57.5 Å². The molecule has 0 aliphatic rings. The van der Waals surface area contributed by atoms with Crippen molar-refractivity contribution in [3.63, 3.8) is 0 Å². The number of rotatable bonds is 20. The van der Waals surface area contributed by atoms with Crippen molar-refractivity contribution in [3.8, 4) is 0 Å². The molecular weight excluding hydrogens is 1150 g/mol. The van der Waals surface area contributed by atoms with Crippen LogP contribution in [0.25, 0.3) is 0 Å². The van der Waals surface area contributed by atoms with Crippen molar-refractivity contribution in [2.75, 3.05) is 0 Å². The first kappa shape index (κ1) is 70.8. The van der Waals surface area contributed by atoms with E-state index in [0.29, 0.717) is 33.4 Å². The second-order valence-corrected chi connectivity index (χ2v) is 17.1. The molecule has 3 unspecified atom stereocenters. The van der Waals surface area contributed by atoms with Crippen molar-refractivity contribution < 1.29 is 103 Å². The molecule has 0 aliphatic carbocycles. The molecule has 6 rings (SSSR count). The van der Waals surface area contributed by atoms with Crippen LogP contribution in [0.3, 0.4) is 0 Å². The molecule has 0 aromatic heterocycles. The minimum Gasteiger partial charge on any atom is -0.481 e. The van der Waals surface area contributed by atoms with Crippen LogP contribution in [0.15, 0.2) is 182 Å². The van der Waals surface area contributed by atoms with Crippen LogP contribution in [-0.4, -0.2) is 157 Å². The van der Waals surface area contributed by atoms with Gasteiger partial charge >= 0.3 is 82.5 Å². The molecule has 0 heterocycles. The zero-order chi connectivity index (χ0) is 60.6. The second kappa shape index (κ2) is 41.0. The first-order chi connectivity index (χ1) is 37.9. The smallest absolute Gasteiger partial charge is 0.333 e. The average molecular weight is 1210 g/mol. The topological polar surface area (TPSA) is 387 Å². The van der Waals surface area contributed by atoms with E-state index in [-0.39, 0.29) is 0 Å². The second-order valence-electron chi connectivity index (χ2n) is 15.6. The number of benzene rings is 6. The van der Waals surface area contributed by atoms with Crippen LogP contribution in [0.4, 0.5) is 0 Å². The maximum Gasteiger partial charge on any atom is 0.333 e. The summed E-state index contributed by atoms with van der Waals surface area (Å²) >= 11 is 1.68. The summed E-state index contributed by atoms with van der Waals surface area (Å²) < 4.78 is 1.43. The van der Waals surface area contributed by atoms with Crippen LogP contribution in [0, 0.1) is 0 Å². The summed E-state index contributed by atoms with van der Waals surface area (Å²) in [5, 5.41) is 72.4. The van der Waals surface area contributed by atoms with E-state index in [1.807, 2.05) is 36.4 Å². The number of aliphatic hydroxyl groups excluding tert-OH is 3. The Bertz CT molecular complexity index is 2440. The number of Topliss-reactive ketones (excluding diaryl/α,β-unsaturated/α-hetero) is 6. The van der Waals surface area contributed by atoms with Gasteiger partial charge in [0.2, 0.25) is 34.7 Å². The molecule has 0 saturated heterocycles. The van der Waals surface area contributed by atoms with Gasteiger partial charge in [-0.05, 0) is 0 Å². The SMILES string of the molecule is CCC[CH2][Sn].O=C(C(=O)c1ccccc1)c1ccccc1.O=C(C(=O)c1ccccc1)c1ccccc1.O=C(C(=O)c1ccccc1)c1ccccc1.O=C(O)CC(O)C(=O)O.O=C(O)CC(O)C(=O)O.O=C(O)CC(O)C(=O)O. The number of ketones is 6. The summed E-state index contributed by atoms with van der Waals surface area (Å²) in [5.74, 6) is -11.3. The fraction of sp³-hybridized carbons (Fsp3) is 0.172. The number of carbonyl (C=O) groups excluding carboxylic acids is 6. The largest absolute Gasteiger partial charge is 0.481 e. The molecule has 0 bridgehead atoms. The van der Waals surface area contributed by atoms with E-state index in [2.05, 4.69) is 6.92 Å². The van der Waals surface area contributed by atoms with Crippen molar-refractivity contribution in [2.45, 2.75) is 61.8 Å². The van der Waals surface area contributed by atoms with Crippen LogP contribution in [0.5, 0.6) is 0 Å². The van der Waals surface area contributed by atoms with Crippen LogP contribution < -0.4 is 0 Å². The van der Waals surface area contributed by atoms with Gasteiger partial charge in [-0.1, -0.05) is 182 Å². The average Bonchev–Trinajstić information content (AvgIpc) is 3.46. The maximum atomic E-state index is 11.8. The third kappa shape index (κ3) is 31.2. The molecule has 0 spiro atoms. The summed E-state index contributed by atoms with van der Waals surface area (Å²) in [4.78, 5) is 129. The van der Waals surface area contributed by atoms with Crippen LogP contribution in [0.2, 0.25) is 4.44 Å². The van der Waals surface area contributed by atoms with Gasteiger partial charge in [-0.25, -0.2) is 14.4 Å². The number of aliphatic carboxylic acids is 6. The van der Waals surface area contributed by atoms with Gasteiger partial charge in [0.1, 0.15) is 0 Å². The number of unbranched alkanes of at least 4 members (excludes halogenated alkanes) is 1. The molecule has 0 saturated carbocycles. The van der Waals surface area contributed by atoms with E-state index in [1.54, 1.807) is 168 Å². The fourth-order valence-electron chi connectivity index (χ4n) is 5.26. The standard InChI is InChI=1S/3C14H10O2.3C4H6O5.C4H9.Sn/c3*15-13(11-7-3-1-4-8-11)14(16)12-9-5-2-6-10-12;3*5-2(4(8)9)1-3(6)7;1-3-4-2;/h3*1-10H;3*2,5H,1H2,(H,6,7)(H,8,9);1,3-4H2,2H3;. The summed E-state index contributed by atoms with van der Waals surface area (Å²) in [6.45, 7) is 2.23. The predicted molar refractivity (Wildman–Crippen MR) is 288 cm³/mol. The summed E-state index contributed by atoms with van der Waals surface area (Å²) in [7, 11) is 0. The van der Waals surface area contributed by atoms with Gasteiger partial charge in [-0.2, -0.15) is 0 Å². The number of carboxylic acids is 6. The third-order valence-electron chi connectivity index (χ3n) is 9.32. The Balaban J connectivity index is 0.000000939. The quantitative estimate of drug-likeness (QED) is 0.0228. The molecule has 0 fully saturated rings. The van der Waals surface area contributed by atoms with Gasteiger partial charge in [-0.3, -0.25) is 43.2 Å². The van der Waals surface area contributed by atoms with Crippen molar-refractivity contribution in [3.05, 3.63) is 215 Å². The van der Waals surface area contributed by atoms with Crippen LogP contribution >= 0.6 is 0 Å². The van der Waals surface area contributed by atoms with Gasteiger partial charge in [0.15, 0.2) is 18.3 Å². The minimum atomic E-state index is -1.79. The molecule has 3 radical (unpaired) electrons. The third-order valence-corrected chi connectivity index (χ3v) is 10.3. The van der Waals surface area contributed by atoms with Crippen molar-refractivity contribution in [1.82, 2.24) is 0 Å². The molecule has 80 heavy (non-hydrogen) atoms. The van der Waals surface area contributed by atoms with Crippen LogP contribution in [0.1, 0.15) is 101 Å². The Morgan fingerprint density at radius 3 is 0.537 bits per heavy atom. The maximum absolute atomic E-state index is 11.8. The zero-order valence-corrected chi connectivity index (χ0v) is 45.6. The van der Waals surface area contributed by atoms with Crippen molar-refractivity contribution in [2.24, 2.45) is 0 Å². The Hall–Kier alpha value is -9.16. The summed E-state index contributed by atoms with van der Waals surface area (Å²) in [6.07, 6.45) is -4.84. The number of hydrogen-bond donors (Lipinski definition) is 9. The molecule has 6 aromatic rings. The molecule has 0 aliphatic heterocycles. The Kier molecular flexibility index (Phi) is 36.3. The number of hydrogen-bond acceptors (Lipinski definition) is 15. The van der Waals surface area contributed by atoms with E-state index < -0.39 is 108 Å². The monoisotopic (exact) mass is 1210 g/mol. The van der Waals surface area contributed by atoms with Crippen LogP contribution in [-0.2, 0) is 28.8 Å². The van der Waals surface area contributed by atoms with E-state index in [4.69, 9.17) is 46.0 Å². The molecule has 9 N–H and O–H groups in total. The molecule has 419 valence electrons. The predicted octanol–water partition coefficient (Wildman–Crippen LogP) is 6.35.